The molecule has 0 saturated heterocycles. The predicted molar refractivity (Wildman–Crippen MR) is 55.0 cm³/mol. The van der Waals surface area contributed by atoms with Gasteiger partial charge in [-0.05, 0) is 44.2 Å². The molecule has 0 amide bonds. The molecule has 0 aliphatic heterocycles. The molecule has 1 aliphatic rings. The normalized spacial score (nSPS) is 20.1. The van der Waals surface area contributed by atoms with E-state index in [2.05, 4.69) is 4.98 Å². The van der Waals surface area contributed by atoms with Crippen LogP contribution in [0.2, 0.25) is 0 Å². The van der Waals surface area contributed by atoms with Crippen molar-refractivity contribution in [3.05, 3.63) is 23.0 Å². The van der Waals surface area contributed by atoms with Gasteiger partial charge in [0.2, 0.25) is 0 Å². The van der Waals surface area contributed by atoms with Gasteiger partial charge in [0, 0.05) is 11.4 Å². The zero-order valence-electron chi connectivity index (χ0n) is 8.82. The Morgan fingerprint density at radius 3 is 2.67 bits per heavy atom. The minimum absolute atomic E-state index is 0.462. The van der Waals surface area contributed by atoms with Crippen molar-refractivity contribution in [1.29, 1.82) is 0 Å². The number of fused-ring (bicyclic) bond motifs is 1. The second-order valence-corrected chi connectivity index (χ2v) is 4.48. The van der Waals surface area contributed by atoms with Crippen LogP contribution in [0.4, 0.5) is 8.78 Å². The lowest BCUT2D eigenvalue weighted by Crippen LogP contribution is -2.41. The van der Waals surface area contributed by atoms with Crippen molar-refractivity contribution in [2.75, 3.05) is 0 Å². The van der Waals surface area contributed by atoms with Crippen LogP contribution in [0.5, 0.6) is 0 Å². The number of hydrogen-bond acceptors (Lipinski definition) is 1. The van der Waals surface area contributed by atoms with Crippen LogP contribution >= 0.6 is 0 Å². The number of aryl methyl sites for hydroxylation is 2. The van der Waals surface area contributed by atoms with Crippen molar-refractivity contribution in [1.82, 2.24) is 4.98 Å². The number of hydrogen-bond donors (Lipinski definition) is 2. The minimum atomic E-state index is -2.54. The Hall–Kier alpha value is -0.900. The van der Waals surface area contributed by atoms with E-state index >= 15 is 0 Å². The number of halogens is 2. The summed E-state index contributed by atoms with van der Waals surface area (Å²) in [6.07, 6.45) is 1.65. The van der Waals surface area contributed by atoms with Crippen molar-refractivity contribution in [3.8, 4) is 0 Å². The molecular weight excluding hydrogens is 198 g/mol. The first-order valence-electron chi connectivity index (χ1n) is 5.30. The molecule has 0 spiro atoms. The molecule has 1 atom stereocenters. The van der Waals surface area contributed by atoms with E-state index in [0.717, 1.165) is 36.9 Å². The van der Waals surface area contributed by atoms with Crippen LogP contribution in [-0.2, 0) is 18.4 Å². The van der Waals surface area contributed by atoms with Crippen molar-refractivity contribution in [2.24, 2.45) is 5.73 Å². The molecule has 0 aromatic carbocycles. The van der Waals surface area contributed by atoms with Crippen LogP contribution < -0.4 is 5.73 Å². The van der Waals surface area contributed by atoms with Gasteiger partial charge in [-0.25, -0.2) is 8.78 Å². The van der Waals surface area contributed by atoms with E-state index < -0.39 is 12.0 Å². The number of nitrogens with two attached hydrogens (primary N) is 1. The van der Waals surface area contributed by atoms with Gasteiger partial charge in [0.15, 0.2) is 0 Å². The molecule has 0 bridgehead atoms. The summed E-state index contributed by atoms with van der Waals surface area (Å²) in [5.41, 5.74) is 6.77. The highest BCUT2D eigenvalue weighted by molar-refractivity contribution is 5.31. The fourth-order valence-electron chi connectivity index (χ4n) is 2.01. The van der Waals surface area contributed by atoms with Crippen molar-refractivity contribution in [2.45, 2.75) is 44.6 Å². The van der Waals surface area contributed by atoms with Gasteiger partial charge in [0.05, 0.1) is 0 Å². The Morgan fingerprint density at radius 1 is 1.40 bits per heavy atom. The molecule has 4 heteroatoms. The summed E-state index contributed by atoms with van der Waals surface area (Å²) >= 11 is 0. The molecule has 0 saturated carbocycles. The number of nitrogens with one attached hydrogen (secondary N) is 1. The van der Waals surface area contributed by atoms with E-state index in [1.807, 2.05) is 0 Å². The average molecular weight is 214 g/mol. The Balaban J connectivity index is 2.33. The first-order valence-corrected chi connectivity index (χ1v) is 5.30. The first kappa shape index (κ1) is 10.6. The van der Waals surface area contributed by atoms with Crippen molar-refractivity contribution < 1.29 is 8.78 Å². The van der Waals surface area contributed by atoms with Crippen LogP contribution in [0.1, 0.15) is 36.7 Å². The Labute approximate surface area is 87.9 Å². The maximum atomic E-state index is 12.7. The zero-order chi connectivity index (χ0) is 11.1. The highest BCUT2D eigenvalue weighted by Gasteiger charge is 2.34. The Morgan fingerprint density at radius 2 is 2.07 bits per heavy atom. The molecule has 15 heavy (non-hydrogen) atoms. The summed E-state index contributed by atoms with van der Waals surface area (Å²) in [6.45, 7) is 1.37. The molecule has 0 radical (unpaired) electrons. The molecule has 1 aliphatic carbocycles. The zero-order valence-corrected chi connectivity index (χ0v) is 8.82. The topological polar surface area (TPSA) is 41.8 Å². The fourth-order valence-corrected chi connectivity index (χ4v) is 2.01. The Kier molecular flexibility index (Phi) is 2.54. The summed E-state index contributed by atoms with van der Waals surface area (Å²) in [5, 5.41) is 0. The number of rotatable bonds is 2. The third-order valence-corrected chi connectivity index (χ3v) is 3.15. The number of aromatic nitrogens is 1. The summed E-state index contributed by atoms with van der Waals surface area (Å²) < 4.78 is 25.4. The van der Waals surface area contributed by atoms with Crippen LogP contribution in [-0.4, -0.2) is 11.4 Å². The van der Waals surface area contributed by atoms with Gasteiger partial charge >= 0.3 is 0 Å². The van der Waals surface area contributed by atoms with E-state index in [4.69, 9.17) is 5.73 Å². The molecule has 1 unspecified atom stereocenters. The van der Waals surface area contributed by atoms with Crippen LogP contribution in [0.25, 0.3) is 0 Å². The predicted octanol–water partition coefficient (Wildman–Crippen LogP) is 2.33. The fraction of sp³-hybridized carbons (Fsp3) is 0.636. The molecule has 1 aromatic heterocycles. The molecule has 2 rings (SSSR count). The summed E-state index contributed by atoms with van der Waals surface area (Å²) in [7, 11) is 0. The van der Waals surface area contributed by atoms with E-state index in [0.29, 0.717) is 5.69 Å². The van der Waals surface area contributed by atoms with Gasteiger partial charge < -0.3 is 10.7 Å². The van der Waals surface area contributed by atoms with E-state index in [1.54, 1.807) is 6.07 Å². The summed E-state index contributed by atoms with van der Waals surface area (Å²) in [6, 6.07) is 1.81. The highest BCUT2D eigenvalue weighted by Crippen LogP contribution is 2.29. The maximum Gasteiger partial charge on any atom is 0.261 e. The van der Waals surface area contributed by atoms with Crippen molar-refractivity contribution in [3.63, 3.8) is 0 Å². The van der Waals surface area contributed by atoms with Gasteiger partial charge in [-0.3, -0.25) is 0 Å². The third kappa shape index (κ3) is 1.78. The van der Waals surface area contributed by atoms with Gasteiger partial charge in [0.25, 0.3) is 6.43 Å². The van der Waals surface area contributed by atoms with E-state index in [1.165, 1.54) is 6.92 Å². The minimum Gasteiger partial charge on any atom is -0.360 e. The first-order chi connectivity index (χ1) is 7.01. The van der Waals surface area contributed by atoms with E-state index in [9.17, 15) is 8.78 Å². The molecule has 0 fully saturated rings. The van der Waals surface area contributed by atoms with Gasteiger partial charge in [-0.15, -0.1) is 0 Å². The van der Waals surface area contributed by atoms with Crippen LogP contribution in [0.15, 0.2) is 6.07 Å². The third-order valence-electron chi connectivity index (χ3n) is 3.15. The number of alkyl halides is 2. The van der Waals surface area contributed by atoms with Crippen LogP contribution in [0.3, 0.4) is 0 Å². The van der Waals surface area contributed by atoms with Gasteiger partial charge in [0.1, 0.15) is 5.54 Å². The molecule has 1 aromatic rings. The molecule has 84 valence electrons. The Bertz CT molecular complexity index is 332. The van der Waals surface area contributed by atoms with Gasteiger partial charge in [-0.2, -0.15) is 0 Å². The monoisotopic (exact) mass is 214 g/mol. The molecule has 3 N–H and O–H groups in total. The van der Waals surface area contributed by atoms with Crippen LogP contribution in [0, 0.1) is 0 Å². The highest BCUT2D eigenvalue weighted by atomic mass is 19.3. The average Bonchev–Trinajstić information content (AvgIpc) is 2.61. The summed E-state index contributed by atoms with van der Waals surface area (Å²) in [4.78, 5) is 3.05. The lowest BCUT2D eigenvalue weighted by molar-refractivity contribution is 0.0604. The van der Waals surface area contributed by atoms with E-state index in [-0.39, 0.29) is 0 Å². The SMILES string of the molecule is CC(N)(c1cc2c([nH]1)CCCC2)C(F)F. The van der Waals surface area contributed by atoms with Gasteiger partial charge in [-0.1, -0.05) is 0 Å². The number of aromatic amines is 1. The second kappa shape index (κ2) is 3.59. The van der Waals surface area contributed by atoms with Crippen molar-refractivity contribution >= 4 is 0 Å². The molecular formula is C11H16F2N2. The lowest BCUT2D eigenvalue weighted by Gasteiger charge is -2.22. The quantitative estimate of drug-likeness (QED) is 0.779. The smallest absolute Gasteiger partial charge is 0.261 e. The second-order valence-electron chi connectivity index (χ2n) is 4.48. The molecule has 1 heterocycles. The summed E-state index contributed by atoms with van der Waals surface area (Å²) in [5.74, 6) is 0. The number of H-pyrrole nitrogens is 1. The standard InChI is InChI=1S/C11H16F2N2/c1-11(14,10(12)13)9-6-7-4-2-3-5-8(7)15-9/h6,10,15H,2-5,14H2,1H3. The maximum absolute atomic E-state index is 12.7. The largest absolute Gasteiger partial charge is 0.360 e. The lowest BCUT2D eigenvalue weighted by atomic mass is 9.96. The molecule has 2 nitrogen and oxygen atoms in total.